The van der Waals surface area contributed by atoms with Crippen molar-refractivity contribution >= 4 is 38.3 Å². The van der Waals surface area contributed by atoms with Crippen LogP contribution in [-0.4, -0.2) is 24.4 Å². The van der Waals surface area contributed by atoms with Crippen LogP contribution in [0, 0.1) is 13.8 Å². The minimum absolute atomic E-state index is 0. The van der Waals surface area contributed by atoms with Crippen LogP contribution >= 0.6 is 8.58 Å². The molecule has 0 spiro atoms. The Morgan fingerprint density at radius 2 is 1.50 bits per heavy atom. The molecule has 0 aliphatic heterocycles. The standard InChI is InChI=1S/C21H27OP.Li.H/c1-13(2)17-10-11-18(14(3)4)19(12-17)23-21(22)20-15(5)8-7-9-16(20)6;;/h7-14,23H,1-6H3;;. The van der Waals surface area contributed by atoms with Crippen LogP contribution in [0.15, 0.2) is 36.4 Å². The molecule has 0 saturated carbocycles. The van der Waals surface area contributed by atoms with Crippen LogP contribution in [0.4, 0.5) is 0 Å². The number of benzene rings is 2. The van der Waals surface area contributed by atoms with Crippen molar-refractivity contribution in [3.63, 3.8) is 0 Å². The molecule has 0 aliphatic rings. The van der Waals surface area contributed by atoms with Crippen LogP contribution in [-0.2, 0) is 0 Å². The zero-order chi connectivity index (χ0) is 17.1. The summed E-state index contributed by atoms with van der Waals surface area (Å²) in [6.45, 7) is 12.8. The summed E-state index contributed by atoms with van der Waals surface area (Å²) in [7, 11) is 0.190. The fourth-order valence-electron chi connectivity index (χ4n) is 2.90. The molecular formula is C21H28LiOP. The van der Waals surface area contributed by atoms with E-state index in [1.165, 1.54) is 16.4 Å². The van der Waals surface area contributed by atoms with Crippen LogP contribution in [0.2, 0.25) is 0 Å². The Morgan fingerprint density at radius 3 is 2.00 bits per heavy atom. The van der Waals surface area contributed by atoms with Gasteiger partial charge in [-0.1, -0.05) is 64.1 Å². The molecule has 1 unspecified atom stereocenters. The molecule has 0 amide bonds. The molecule has 124 valence electrons. The minimum atomic E-state index is 0. The molecule has 2 aromatic carbocycles. The molecule has 0 aromatic heterocycles. The Hall–Kier alpha value is -0.863. The zero-order valence-corrected chi connectivity index (χ0v) is 16.0. The second kappa shape index (κ2) is 9.01. The summed E-state index contributed by atoms with van der Waals surface area (Å²) in [6.07, 6.45) is 0. The van der Waals surface area contributed by atoms with E-state index in [0.29, 0.717) is 11.8 Å². The molecule has 0 fully saturated rings. The SMILES string of the molecule is Cc1cccc(C)c1C(=O)Pc1cc(C(C)C)ccc1C(C)C.[LiH]. The summed E-state index contributed by atoms with van der Waals surface area (Å²) in [5.74, 6) is 0.916. The van der Waals surface area contributed by atoms with Crippen molar-refractivity contribution in [2.75, 3.05) is 0 Å². The van der Waals surface area contributed by atoms with E-state index in [0.717, 1.165) is 16.7 Å². The fourth-order valence-corrected chi connectivity index (χ4v) is 4.42. The van der Waals surface area contributed by atoms with E-state index in [2.05, 4.69) is 45.9 Å². The van der Waals surface area contributed by atoms with E-state index in [9.17, 15) is 4.79 Å². The molecule has 0 radical (unpaired) electrons. The fraction of sp³-hybridized carbons (Fsp3) is 0.381. The van der Waals surface area contributed by atoms with Crippen molar-refractivity contribution in [3.8, 4) is 0 Å². The van der Waals surface area contributed by atoms with Gasteiger partial charge in [0.15, 0.2) is 5.52 Å². The van der Waals surface area contributed by atoms with Crippen molar-refractivity contribution in [3.05, 3.63) is 64.2 Å². The number of carbonyl (C=O) groups excluding carboxylic acids is 1. The van der Waals surface area contributed by atoms with Crippen molar-refractivity contribution in [1.82, 2.24) is 0 Å². The number of carbonyl (C=O) groups is 1. The van der Waals surface area contributed by atoms with E-state index in [1.807, 2.05) is 32.0 Å². The first-order chi connectivity index (χ1) is 10.8. The van der Waals surface area contributed by atoms with Crippen LogP contribution in [0.1, 0.15) is 72.1 Å². The summed E-state index contributed by atoms with van der Waals surface area (Å²) in [4.78, 5) is 12.9. The molecule has 2 aromatic rings. The third-order valence-corrected chi connectivity index (χ3v) is 5.50. The van der Waals surface area contributed by atoms with Crippen molar-refractivity contribution in [2.45, 2.75) is 53.4 Å². The van der Waals surface area contributed by atoms with Crippen molar-refractivity contribution < 1.29 is 4.79 Å². The number of rotatable bonds is 5. The van der Waals surface area contributed by atoms with Gasteiger partial charge in [0.25, 0.3) is 0 Å². The summed E-state index contributed by atoms with van der Waals surface area (Å²) in [6, 6.07) is 12.7. The first-order valence-electron chi connectivity index (χ1n) is 8.32. The van der Waals surface area contributed by atoms with Gasteiger partial charge in [-0.25, -0.2) is 0 Å². The van der Waals surface area contributed by atoms with Crippen molar-refractivity contribution in [1.29, 1.82) is 0 Å². The van der Waals surface area contributed by atoms with Crippen LogP contribution in [0.5, 0.6) is 0 Å². The van der Waals surface area contributed by atoms with Gasteiger partial charge in [-0.15, -0.1) is 0 Å². The van der Waals surface area contributed by atoms with Crippen molar-refractivity contribution in [2.24, 2.45) is 0 Å². The Kier molecular flexibility index (Phi) is 7.95. The molecule has 0 N–H and O–H groups in total. The van der Waals surface area contributed by atoms with Crippen LogP contribution < -0.4 is 5.30 Å². The van der Waals surface area contributed by atoms with Gasteiger partial charge in [-0.3, -0.25) is 4.79 Å². The molecule has 1 nitrogen and oxygen atoms in total. The number of hydrogen-bond donors (Lipinski definition) is 0. The molecule has 24 heavy (non-hydrogen) atoms. The average molecular weight is 334 g/mol. The topological polar surface area (TPSA) is 17.1 Å². The summed E-state index contributed by atoms with van der Waals surface area (Å²) >= 11 is 0. The molecule has 0 bridgehead atoms. The van der Waals surface area contributed by atoms with Gasteiger partial charge in [-0.2, -0.15) is 0 Å². The van der Waals surface area contributed by atoms with E-state index in [1.54, 1.807) is 0 Å². The maximum absolute atomic E-state index is 12.9. The summed E-state index contributed by atoms with van der Waals surface area (Å²) in [5, 5.41) is 1.21. The predicted octanol–water partition coefficient (Wildman–Crippen LogP) is 5.05. The third-order valence-electron chi connectivity index (χ3n) is 4.32. The van der Waals surface area contributed by atoms with E-state index in [-0.39, 0.29) is 33.0 Å². The molecule has 3 heteroatoms. The van der Waals surface area contributed by atoms with Gasteiger partial charge >= 0.3 is 18.9 Å². The van der Waals surface area contributed by atoms with Gasteiger partial charge in [0, 0.05) is 5.56 Å². The normalized spacial score (nSPS) is 11.3. The number of hydrogen-bond acceptors (Lipinski definition) is 1. The molecule has 0 saturated heterocycles. The first-order valence-corrected chi connectivity index (χ1v) is 9.32. The predicted molar refractivity (Wildman–Crippen MR) is 110 cm³/mol. The summed E-state index contributed by atoms with van der Waals surface area (Å²) < 4.78 is 0. The second-order valence-corrected chi connectivity index (χ2v) is 8.12. The molecule has 2 rings (SSSR count). The third kappa shape index (κ3) is 4.83. The number of aryl methyl sites for hydroxylation is 2. The van der Waals surface area contributed by atoms with Gasteiger partial charge in [-0.05, 0) is 61.8 Å². The molecular weight excluding hydrogens is 306 g/mol. The Labute approximate surface area is 160 Å². The molecule has 0 aliphatic carbocycles. The zero-order valence-electron chi connectivity index (χ0n) is 15.0. The summed E-state index contributed by atoms with van der Waals surface area (Å²) in [5.41, 5.74) is 5.92. The Bertz CT molecular complexity index is 700. The molecule has 1 atom stereocenters. The molecule has 0 heterocycles. The first kappa shape index (κ1) is 21.2. The van der Waals surface area contributed by atoms with E-state index in [4.69, 9.17) is 0 Å². The van der Waals surface area contributed by atoms with Gasteiger partial charge in [0.05, 0.1) is 0 Å². The van der Waals surface area contributed by atoms with Gasteiger partial charge in [0.2, 0.25) is 0 Å². The van der Waals surface area contributed by atoms with Crippen LogP contribution in [0.25, 0.3) is 0 Å². The average Bonchev–Trinajstić information content (AvgIpc) is 2.46. The Morgan fingerprint density at radius 1 is 0.917 bits per heavy atom. The van der Waals surface area contributed by atoms with E-state index < -0.39 is 0 Å². The monoisotopic (exact) mass is 334 g/mol. The Balaban J connectivity index is 0.00000288. The van der Waals surface area contributed by atoms with E-state index >= 15 is 0 Å². The maximum atomic E-state index is 12.9. The quantitative estimate of drug-likeness (QED) is 0.553. The van der Waals surface area contributed by atoms with Gasteiger partial charge < -0.3 is 0 Å². The van der Waals surface area contributed by atoms with Crippen LogP contribution in [0.3, 0.4) is 0 Å². The second-order valence-electron chi connectivity index (χ2n) is 6.88. The van der Waals surface area contributed by atoms with Gasteiger partial charge in [0.1, 0.15) is 0 Å².